The van der Waals surface area contributed by atoms with Crippen LogP contribution in [0, 0.1) is 5.82 Å². The molecule has 2 aromatic heterocycles. The van der Waals surface area contributed by atoms with Crippen LogP contribution in [0.25, 0.3) is 11.1 Å². The van der Waals surface area contributed by atoms with E-state index in [0.717, 1.165) is 11.8 Å². The van der Waals surface area contributed by atoms with Crippen molar-refractivity contribution in [3.8, 4) is 11.1 Å². The van der Waals surface area contributed by atoms with Crippen molar-refractivity contribution in [2.45, 2.75) is 6.61 Å². The molecule has 0 aliphatic carbocycles. The average Bonchev–Trinajstić information content (AvgIpc) is 2.30. The third-order valence-corrected chi connectivity index (χ3v) is 2.08. The molecule has 0 saturated heterocycles. The zero-order valence-electron chi connectivity index (χ0n) is 7.89. The quantitative estimate of drug-likeness (QED) is 0.810. The Bertz CT molecular complexity index is 459. The molecule has 0 amide bonds. The van der Waals surface area contributed by atoms with E-state index in [1.807, 2.05) is 0 Å². The van der Waals surface area contributed by atoms with Crippen molar-refractivity contribution in [1.29, 1.82) is 0 Å². The summed E-state index contributed by atoms with van der Waals surface area (Å²) in [5.41, 5.74) is 1.85. The fourth-order valence-corrected chi connectivity index (χ4v) is 1.38. The van der Waals surface area contributed by atoms with Crippen LogP contribution < -0.4 is 0 Å². The van der Waals surface area contributed by atoms with Gasteiger partial charge in [-0.05, 0) is 23.8 Å². The SMILES string of the molecule is OCc1ncc(F)cc1-c1ccncc1. The molecule has 4 heteroatoms. The number of pyridine rings is 2. The van der Waals surface area contributed by atoms with E-state index in [-0.39, 0.29) is 6.61 Å². The Hall–Kier alpha value is -1.81. The summed E-state index contributed by atoms with van der Waals surface area (Å²) in [7, 11) is 0. The van der Waals surface area contributed by atoms with Crippen LogP contribution in [0.5, 0.6) is 0 Å². The molecule has 2 rings (SSSR count). The minimum Gasteiger partial charge on any atom is -0.390 e. The summed E-state index contributed by atoms with van der Waals surface area (Å²) in [5, 5.41) is 9.07. The first kappa shape index (κ1) is 9.73. The molecular weight excluding hydrogens is 195 g/mol. The minimum atomic E-state index is -0.418. The molecule has 2 aromatic rings. The molecule has 76 valence electrons. The minimum absolute atomic E-state index is 0.210. The van der Waals surface area contributed by atoms with Gasteiger partial charge in [-0.15, -0.1) is 0 Å². The van der Waals surface area contributed by atoms with E-state index < -0.39 is 5.82 Å². The fourth-order valence-electron chi connectivity index (χ4n) is 1.38. The summed E-state index contributed by atoms with van der Waals surface area (Å²) >= 11 is 0. The van der Waals surface area contributed by atoms with Crippen LogP contribution in [0.3, 0.4) is 0 Å². The second kappa shape index (κ2) is 4.14. The first-order valence-electron chi connectivity index (χ1n) is 4.47. The molecule has 0 fully saturated rings. The Morgan fingerprint density at radius 1 is 1.27 bits per heavy atom. The molecule has 0 atom stereocenters. The second-order valence-electron chi connectivity index (χ2n) is 3.04. The number of rotatable bonds is 2. The van der Waals surface area contributed by atoms with E-state index >= 15 is 0 Å². The van der Waals surface area contributed by atoms with E-state index in [2.05, 4.69) is 9.97 Å². The van der Waals surface area contributed by atoms with Crippen molar-refractivity contribution in [2.24, 2.45) is 0 Å². The Morgan fingerprint density at radius 3 is 2.67 bits per heavy atom. The number of aliphatic hydroxyl groups is 1. The molecule has 15 heavy (non-hydrogen) atoms. The molecule has 2 heterocycles. The second-order valence-corrected chi connectivity index (χ2v) is 3.04. The molecule has 0 saturated carbocycles. The highest BCUT2D eigenvalue weighted by atomic mass is 19.1. The zero-order valence-corrected chi connectivity index (χ0v) is 7.89. The summed E-state index contributed by atoms with van der Waals surface area (Å²) in [6.07, 6.45) is 4.32. The van der Waals surface area contributed by atoms with Crippen LogP contribution in [0.1, 0.15) is 5.69 Å². The van der Waals surface area contributed by atoms with Gasteiger partial charge in [0, 0.05) is 18.0 Å². The van der Waals surface area contributed by atoms with Gasteiger partial charge in [0.25, 0.3) is 0 Å². The highest BCUT2D eigenvalue weighted by molar-refractivity contribution is 5.65. The topological polar surface area (TPSA) is 46.0 Å². The summed E-state index contributed by atoms with van der Waals surface area (Å²) in [6, 6.07) is 4.85. The van der Waals surface area contributed by atoms with Gasteiger partial charge in [-0.2, -0.15) is 0 Å². The molecule has 0 unspecified atom stereocenters. The van der Waals surface area contributed by atoms with Crippen LogP contribution in [-0.2, 0) is 6.61 Å². The van der Waals surface area contributed by atoms with Crippen molar-refractivity contribution in [3.05, 3.63) is 48.3 Å². The maximum Gasteiger partial charge on any atom is 0.142 e. The smallest absolute Gasteiger partial charge is 0.142 e. The van der Waals surface area contributed by atoms with E-state index in [0.29, 0.717) is 11.3 Å². The standard InChI is InChI=1S/C11H9FN2O/c12-9-5-10(11(7-15)14-6-9)8-1-3-13-4-2-8/h1-6,15H,7H2. The lowest BCUT2D eigenvalue weighted by Gasteiger charge is -2.05. The van der Waals surface area contributed by atoms with Crippen LogP contribution in [0.4, 0.5) is 4.39 Å². The zero-order chi connectivity index (χ0) is 10.7. The molecule has 0 aromatic carbocycles. The molecule has 3 nitrogen and oxygen atoms in total. The third-order valence-electron chi connectivity index (χ3n) is 2.08. The number of hydrogen-bond donors (Lipinski definition) is 1. The number of aromatic nitrogens is 2. The highest BCUT2D eigenvalue weighted by Gasteiger charge is 2.06. The number of hydrogen-bond acceptors (Lipinski definition) is 3. The summed E-state index contributed by atoms with van der Waals surface area (Å²) in [6.45, 7) is -0.210. The van der Waals surface area contributed by atoms with Crippen molar-refractivity contribution in [3.63, 3.8) is 0 Å². The predicted molar refractivity (Wildman–Crippen MR) is 53.3 cm³/mol. The molecular formula is C11H9FN2O. The monoisotopic (exact) mass is 204 g/mol. The predicted octanol–water partition coefficient (Wildman–Crippen LogP) is 1.77. The van der Waals surface area contributed by atoms with E-state index in [9.17, 15) is 4.39 Å². The van der Waals surface area contributed by atoms with Gasteiger partial charge in [-0.25, -0.2) is 4.39 Å². The molecule has 0 aliphatic heterocycles. The Kier molecular flexibility index (Phi) is 2.69. The summed E-state index contributed by atoms with van der Waals surface area (Å²) in [5.74, 6) is -0.418. The van der Waals surface area contributed by atoms with E-state index in [4.69, 9.17) is 5.11 Å². The van der Waals surface area contributed by atoms with Gasteiger partial charge in [-0.3, -0.25) is 9.97 Å². The molecule has 0 radical (unpaired) electrons. The highest BCUT2D eigenvalue weighted by Crippen LogP contribution is 2.22. The molecule has 0 aliphatic rings. The summed E-state index contributed by atoms with van der Waals surface area (Å²) < 4.78 is 13.0. The first-order chi connectivity index (χ1) is 7.31. The Morgan fingerprint density at radius 2 is 2.00 bits per heavy atom. The molecule has 0 spiro atoms. The maximum absolute atomic E-state index is 13.0. The first-order valence-corrected chi connectivity index (χ1v) is 4.47. The van der Waals surface area contributed by atoms with Crippen LogP contribution >= 0.6 is 0 Å². The van der Waals surface area contributed by atoms with Crippen molar-refractivity contribution in [2.75, 3.05) is 0 Å². The van der Waals surface area contributed by atoms with Gasteiger partial charge in [0.2, 0.25) is 0 Å². The van der Waals surface area contributed by atoms with Gasteiger partial charge in [0.1, 0.15) is 5.82 Å². The van der Waals surface area contributed by atoms with Crippen LogP contribution in [-0.4, -0.2) is 15.1 Å². The lowest BCUT2D eigenvalue weighted by atomic mass is 10.1. The normalized spacial score (nSPS) is 10.3. The van der Waals surface area contributed by atoms with Crippen LogP contribution in [0.15, 0.2) is 36.8 Å². The molecule has 0 bridgehead atoms. The van der Waals surface area contributed by atoms with Gasteiger partial charge < -0.3 is 5.11 Å². The van der Waals surface area contributed by atoms with E-state index in [1.165, 1.54) is 6.07 Å². The van der Waals surface area contributed by atoms with Gasteiger partial charge in [0.05, 0.1) is 18.5 Å². The van der Waals surface area contributed by atoms with Crippen LogP contribution in [0.2, 0.25) is 0 Å². The fraction of sp³-hybridized carbons (Fsp3) is 0.0909. The lowest BCUT2D eigenvalue weighted by Crippen LogP contribution is -1.95. The Balaban J connectivity index is 2.56. The van der Waals surface area contributed by atoms with Crippen molar-refractivity contribution < 1.29 is 9.50 Å². The van der Waals surface area contributed by atoms with Gasteiger partial charge in [-0.1, -0.05) is 0 Å². The average molecular weight is 204 g/mol. The number of aliphatic hydroxyl groups excluding tert-OH is 1. The molecule has 1 N–H and O–H groups in total. The van der Waals surface area contributed by atoms with E-state index in [1.54, 1.807) is 24.5 Å². The van der Waals surface area contributed by atoms with Crippen molar-refractivity contribution >= 4 is 0 Å². The Labute approximate surface area is 86.3 Å². The summed E-state index contributed by atoms with van der Waals surface area (Å²) in [4.78, 5) is 7.70. The third kappa shape index (κ3) is 1.99. The maximum atomic E-state index is 13.0. The number of halogens is 1. The van der Waals surface area contributed by atoms with Gasteiger partial charge >= 0.3 is 0 Å². The van der Waals surface area contributed by atoms with Gasteiger partial charge in [0.15, 0.2) is 0 Å². The van der Waals surface area contributed by atoms with Crippen molar-refractivity contribution in [1.82, 2.24) is 9.97 Å². The lowest BCUT2D eigenvalue weighted by molar-refractivity contribution is 0.277. The number of nitrogens with zero attached hydrogens (tertiary/aromatic N) is 2. The largest absolute Gasteiger partial charge is 0.390 e.